The molecule has 1 aliphatic heterocycles. The number of carbonyl (C=O) groups excluding carboxylic acids is 2. The summed E-state index contributed by atoms with van der Waals surface area (Å²) in [4.78, 5) is 27.9. The zero-order valence-corrected chi connectivity index (χ0v) is 27.3. The van der Waals surface area contributed by atoms with Gasteiger partial charge in [-0.1, -0.05) is 121 Å². The van der Waals surface area contributed by atoms with Crippen molar-refractivity contribution in [3.8, 4) is 0 Å². The third-order valence-electron chi connectivity index (χ3n) is 9.00. The number of halogens is 1. The Morgan fingerprint density at radius 3 is 1.80 bits per heavy atom. The van der Waals surface area contributed by atoms with Crippen LogP contribution in [0.4, 0.5) is 4.79 Å². The molecule has 0 unspecified atom stereocenters. The van der Waals surface area contributed by atoms with E-state index in [0.717, 1.165) is 44.0 Å². The van der Waals surface area contributed by atoms with Crippen LogP contribution in [0.5, 0.6) is 0 Å². The number of nitrogens with one attached hydrogen (secondary N) is 2. The topological polar surface area (TPSA) is 70.7 Å². The van der Waals surface area contributed by atoms with Crippen LogP contribution in [0.1, 0.15) is 47.9 Å². The maximum absolute atomic E-state index is 13.0. The Morgan fingerprint density at radius 1 is 0.717 bits per heavy atom. The summed E-state index contributed by atoms with van der Waals surface area (Å²) in [6.07, 6.45) is 4.91. The molecular formula is C39H46ClN3O3. The molecule has 1 saturated heterocycles. The summed E-state index contributed by atoms with van der Waals surface area (Å²) >= 11 is 0. The van der Waals surface area contributed by atoms with Gasteiger partial charge in [-0.05, 0) is 79.9 Å². The summed E-state index contributed by atoms with van der Waals surface area (Å²) in [5.41, 5.74) is 4.27. The maximum atomic E-state index is 13.0. The van der Waals surface area contributed by atoms with Crippen LogP contribution in [0.25, 0.3) is 0 Å². The lowest BCUT2D eigenvalue weighted by Gasteiger charge is -2.37. The van der Waals surface area contributed by atoms with Crippen LogP contribution >= 0.6 is 12.4 Å². The third kappa shape index (κ3) is 10.2. The van der Waals surface area contributed by atoms with Crippen LogP contribution in [0.15, 0.2) is 121 Å². The number of amides is 2. The Hall–Kier alpha value is -4.13. The third-order valence-corrected chi connectivity index (χ3v) is 9.00. The van der Waals surface area contributed by atoms with Crippen molar-refractivity contribution >= 4 is 24.4 Å². The van der Waals surface area contributed by atoms with Gasteiger partial charge in [-0.15, -0.1) is 12.4 Å². The van der Waals surface area contributed by atoms with E-state index in [-0.39, 0.29) is 31.5 Å². The van der Waals surface area contributed by atoms with Gasteiger partial charge in [-0.25, -0.2) is 4.79 Å². The predicted molar refractivity (Wildman–Crippen MR) is 187 cm³/mol. The molecule has 1 fully saturated rings. The largest absolute Gasteiger partial charge is 0.445 e. The molecule has 46 heavy (non-hydrogen) atoms. The normalized spacial score (nSPS) is 13.7. The average Bonchev–Trinajstić information content (AvgIpc) is 3.10. The van der Waals surface area contributed by atoms with Crippen molar-refractivity contribution < 1.29 is 14.3 Å². The molecule has 0 spiro atoms. The van der Waals surface area contributed by atoms with Crippen molar-refractivity contribution in [1.82, 2.24) is 15.5 Å². The molecule has 0 aromatic heterocycles. The van der Waals surface area contributed by atoms with E-state index in [2.05, 4.69) is 94.4 Å². The van der Waals surface area contributed by atoms with Gasteiger partial charge in [0.2, 0.25) is 5.91 Å². The number of benzene rings is 4. The quantitative estimate of drug-likeness (QED) is 0.153. The molecule has 2 amide bonds. The maximum Gasteiger partial charge on any atom is 0.407 e. The van der Waals surface area contributed by atoms with Gasteiger partial charge >= 0.3 is 6.09 Å². The average molecular weight is 640 g/mol. The molecule has 1 aliphatic rings. The second kappa shape index (κ2) is 18.1. The lowest BCUT2D eigenvalue weighted by Crippen LogP contribution is -2.45. The molecule has 4 aromatic rings. The Kier molecular flexibility index (Phi) is 13.7. The number of likely N-dealkylation sites (tertiary alicyclic amines) is 1. The summed E-state index contributed by atoms with van der Waals surface area (Å²) in [7, 11) is 0. The van der Waals surface area contributed by atoms with Crippen molar-refractivity contribution in [3.05, 3.63) is 144 Å². The van der Waals surface area contributed by atoms with Gasteiger partial charge in [-0.2, -0.15) is 0 Å². The molecular weight excluding hydrogens is 594 g/mol. The molecule has 0 radical (unpaired) electrons. The van der Waals surface area contributed by atoms with Gasteiger partial charge in [0.15, 0.2) is 0 Å². The van der Waals surface area contributed by atoms with E-state index in [0.29, 0.717) is 6.54 Å². The number of rotatable bonds is 14. The van der Waals surface area contributed by atoms with Gasteiger partial charge in [-0.3, -0.25) is 4.79 Å². The zero-order chi connectivity index (χ0) is 31.2. The minimum absolute atomic E-state index is 0. The van der Waals surface area contributed by atoms with E-state index in [1.54, 1.807) is 0 Å². The number of carbonyl (C=O) groups is 2. The highest BCUT2D eigenvalue weighted by molar-refractivity contribution is 5.85. The molecule has 4 aromatic carbocycles. The molecule has 5 rings (SSSR count). The monoisotopic (exact) mass is 639 g/mol. The van der Waals surface area contributed by atoms with Crippen molar-refractivity contribution in [2.24, 2.45) is 5.92 Å². The Morgan fingerprint density at radius 2 is 1.24 bits per heavy atom. The summed E-state index contributed by atoms with van der Waals surface area (Å²) in [5, 5.41) is 5.74. The number of piperidine rings is 1. The van der Waals surface area contributed by atoms with Gasteiger partial charge in [0, 0.05) is 12.0 Å². The summed E-state index contributed by atoms with van der Waals surface area (Å²) in [5.74, 6) is 0.499. The van der Waals surface area contributed by atoms with Crippen LogP contribution in [-0.2, 0) is 28.0 Å². The SMILES string of the molecule is Cl.O=C(CNC(=O)OCc1ccccc1)NCC(CCCN1CCC(Cc2ccccc2)CC1)(c1ccccc1)c1ccccc1. The first-order valence-electron chi connectivity index (χ1n) is 16.2. The van der Waals surface area contributed by atoms with E-state index < -0.39 is 11.5 Å². The van der Waals surface area contributed by atoms with E-state index in [9.17, 15) is 9.59 Å². The highest BCUT2D eigenvalue weighted by atomic mass is 35.5. The molecule has 0 atom stereocenters. The Balaban J connectivity index is 0.00000480. The predicted octanol–water partition coefficient (Wildman–Crippen LogP) is 7.17. The number of alkyl carbamates (subject to hydrolysis) is 1. The molecule has 2 N–H and O–H groups in total. The van der Waals surface area contributed by atoms with Crippen LogP contribution < -0.4 is 10.6 Å². The van der Waals surface area contributed by atoms with Gasteiger partial charge in [0.25, 0.3) is 0 Å². The lowest BCUT2D eigenvalue weighted by molar-refractivity contribution is -0.120. The van der Waals surface area contributed by atoms with Crippen LogP contribution in [0.2, 0.25) is 0 Å². The first kappa shape index (κ1) is 34.7. The van der Waals surface area contributed by atoms with Crippen LogP contribution in [0, 0.1) is 5.92 Å². The second-order valence-corrected chi connectivity index (χ2v) is 12.1. The first-order valence-corrected chi connectivity index (χ1v) is 16.2. The molecule has 0 bridgehead atoms. The molecule has 1 heterocycles. The number of hydrogen-bond donors (Lipinski definition) is 2. The zero-order valence-electron chi connectivity index (χ0n) is 26.5. The lowest BCUT2D eigenvalue weighted by atomic mass is 9.71. The fraction of sp³-hybridized carbons (Fsp3) is 0.333. The molecule has 7 heteroatoms. The summed E-state index contributed by atoms with van der Waals surface area (Å²) < 4.78 is 5.27. The standard InChI is InChI=1S/C39H45N3O3.ClH/c43-37(29-40-38(44)45-30-34-16-7-2-8-17-34)41-31-39(35-18-9-3-10-19-35,36-20-11-4-12-21-36)24-13-25-42-26-22-33(23-27-42)28-32-14-5-1-6-15-32;/h1-12,14-21,33H,13,22-31H2,(H,40,44)(H,41,43);1H. The van der Waals surface area contributed by atoms with Crippen LogP contribution in [-0.4, -0.2) is 49.6 Å². The van der Waals surface area contributed by atoms with E-state index in [1.165, 1.54) is 36.0 Å². The Bertz CT molecular complexity index is 1410. The fourth-order valence-electron chi connectivity index (χ4n) is 6.47. The minimum atomic E-state index is -0.612. The van der Waals surface area contributed by atoms with Gasteiger partial charge < -0.3 is 20.3 Å². The number of nitrogens with zero attached hydrogens (tertiary/aromatic N) is 1. The smallest absolute Gasteiger partial charge is 0.407 e. The minimum Gasteiger partial charge on any atom is -0.445 e. The van der Waals surface area contributed by atoms with Crippen molar-refractivity contribution in [3.63, 3.8) is 0 Å². The highest BCUT2D eigenvalue weighted by Crippen LogP contribution is 2.37. The molecule has 0 aliphatic carbocycles. The van der Waals surface area contributed by atoms with Crippen molar-refractivity contribution in [2.45, 2.75) is 44.1 Å². The number of hydrogen-bond acceptors (Lipinski definition) is 4. The van der Waals surface area contributed by atoms with Gasteiger partial charge in [0.05, 0.1) is 6.54 Å². The van der Waals surface area contributed by atoms with E-state index >= 15 is 0 Å². The van der Waals surface area contributed by atoms with Crippen molar-refractivity contribution in [1.29, 1.82) is 0 Å². The number of ether oxygens (including phenoxy) is 1. The molecule has 242 valence electrons. The highest BCUT2D eigenvalue weighted by Gasteiger charge is 2.34. The fourth-order valence-corrected chi connectivity index (χ4v) is 6.47. The molecule has 0 saturated carbocycles. The Labute approximate surface area is 280 Å². The second-order valence-electron chi connectivity index (χ2n) is 12.1. The van der Waals surface area contributed by atoms with E-state index in [4.69, 9.17) is 4.74 Å². The van der Waals surface area contributed by atoms with Crippen LogP contribution in [0.3, 0.4) is 0 Å². The van der Waals surface area contributed by atoms with Gasteiger partial charge in [0.1, 0.15) is 6.61 Å². The molecule has 6 nitrogen and oxygen atoms in total. The summed E-state index contributed by atoms with van der Waals surface area (Å²) in [6, 6.07) is 41.3. The summed E-state index contributed by atoms with van der Waals surface area (Å²) in [6.45, 7) is 3.73. The first-order chi connectivity index (χ1) is 22.1. The van der Waals surface area contributed by atoms with Crippen molar-refractivity contribution in [2.75, 3.05) is 32.7 Å². The van der Waals surface area contributed by atoms with E-state index in [1.807, 2.05) is 42.5 Å².